The molecule has 2 aromatic rings. The number of ether oxygens (including phenoxy) is 1. The van der Waals surface area contributed by atoms with E-state index in [1.807, 2.05) is 48.9 Å². The van der Waals surface area contributed by atoms with Gasteiger partial charge in [-0.25, -0.2) is 0 Å². The minimum Gasteiger partial charge on any atom is -0.484 e. The van der Waals surface area contributed by atoms with E-state index in [-0.39, 0.29) is 24.5 Å². The number of hydrogen-bond donors (Lipinski definition) is 2. The first-order valence-electron chi connectivity index (χ1n) is 8.40. The van der Waals surface area contributed by atoms with Crippen molar-refractivity contribution in [3.05, 3.63) is 52.7 Å². The molecule has 0 aliphatic rings. The molecule has 7 heteroatoms. The second-order valence-electron chi connectivity index (χ2n) is 5.75. The van der Waals surface area contributed by atoms with Crippen LogP contribution in [0.3, 0.4) is 0 Å². The molecule has 0 aliphatic carbocycles. The molecule has 0 saturated carbocycles. The summed E-state index contributed by atoms with van der Waals surface area (Å²) in [6.07, 6.45) is 2.55. The van der Waals surface area contributed by atoms with Crippen molar-refractivity contribution in [2.45, 2.75) is 25.4 Å². The van der Waals surface area contributed by atoms with Crippen molar-refractivity contribution in [1.29, 1.82) is 0 Å². The molecule has 0 aliphatic heterocycles. The van der Waals surface area contributed by atoms with Gasteiger partial charge in [0.25, 0.3) is 5.91 Å². The number of amides is 2. The van der Waals surface area contributed by atoms with Crippen LogP contribution in [0.1, 0.15) is 24.3 Å². The van der Waals surface area contributed by atoms with Gasteiger partial charge in [0.15, 0.2) is 6.61 Å². The fourth-order valence-electron chi connectivity index (χ4n) is 2.33. The third-order valence-corrected chi connectivity index (χ3v) is 5.40. The van der Waals surface area contributed by atoms with Gasteiger partial charge in [0.05, 0.1) is 6.04 Å². The van der Waals surface area contributed by atoms with Crippen LogP contribution >= 0.6 is 23.1 Å². The zero-order valence-corrected chi connectivity index (χ0v) is 16.6. The lowest BCUT2D eigenvalue weighted by molar-refractivity contribution is -0.130. The summed E-state index contributed by atoms with van der Waals surface area (Å²) >= 11 is 3.24. The van der Waals surface area contributed by atoms with Crippen LogP contribution in [-0.2, 0) is 9.59 Å². The Morgan fingerprint density at radius 2 is 1.92 bits per heavy atom. The Balaban J connectivity index is 1.88. The summed E-state index contributed by atoms with van der Waals surface area (Å²) in [6.45, 7) is 1.82. The maximum Gasteiger partial charge on any atom is 0.258 e. The number of nitrogens with one attached hydrogen (secondary N) is 2. The van der Waals surface area contributed by atoms with Gasteiger partial charge in [-0.2, -0.15) is 11.8 Å². The molecule has 2 unspecified atom stereocenters. The van der Waals surface area contributed by atoms with Gasteiger partial charge in [-0.1, -0.05) is 24.3 Å². The van der Waals surface area contributed by atoms with E-state index >= 15 is 0 Å². The Kier molecular flexibility index (Phi) is 8.50. The molecule has 0 spiro atoms. The van der Waals surface area contributed by atoms with Crippen molar-refractivity contribution in [1.82, 2.24) is 10.6 Å². The Morgan fingerprint density at radius 1 is 1.15 bits per heavy atom. The lowest BCUT2D eigenvalue weighted by Gasteiger charge is -2.21. The molecule has 0 saturated heterocycles. The van der Waals surface area contributed by atoms with Crippen LogP contribution in [0.5, 0.6) is 5.75 Å². The number of hydrogen-bond acceptors (Lipinski definition) is 5. The molecule has 2 amide bonds. The molecule has 26 heavy (non-hydrogen) atoms. The van der Waals surface area contributed by atoms with E-state index < -0.39 is 6.04 Å². The van der Waals surface area contributed by atoms with Crippen molar-refractivity contribution >= 4 is 34.9 Å². The van der Waals surface area contributed by atoms with E-state index in [0.717, 1.165) is 10.6 Å². The van der Waals surface area contributed by atoms with E-state index in [2.05, 4.69) is 10.6 Å². The second-order valence-corrected chi connectivity index (χ2v) is 7.71. The molecule has 0 radical (unpaired) electrons. The van der Waals surface area contributed by atoms with Gasteiger partial charge >= 0.3 is 0 Å². The first kappa shape index (κ1) is 20.3. The average molecular weight is 393 g/mol. The number of carbonyl (C=O) groups is 2. The van der Waals surface area contributed by atoms with Crippen molar-refractivity contribution in [3.8, 4) is 5.75 Å². The van der Waals surface area contributed by atoms with Gasteiger partial charge in [0.1, 0.15) is 11.8 Å². The minimum atomic E-state index is -0.572. The van der Waals surface area contributed by atoms with Crippen molar-refractivity contribution in [3.63, 3.8) is 0 Å². The molecule has 1 aromatic carbocycles. The molecular formula is C19H24N2O3S2. The van der Waals surface area contributed by atoms with Crippen molar-refractivity contribution in [2.24, 2.45) is 0 Å². The number of carbonyl (C=O) groups excluding carboxylic acids is 2. The number of benzene rings is 1. The van der Waals surface area contributed by atoms with Crippen molar-refractivity contribution < 1.29 is 14.3 Å². The van der Waals surface area contributed by atoms with E-state index in [1.54, 1.807) is 35.2 Å². The van der Waals surface area contributed by atoms with Crippen molar-refractivity contribution in [2.75, 3.05) is 18.6 Å². The Labute approximate surface area is 162 Å². The number of thioether (sulfide) groups is 1. The van der Waals surface area contributed by atoms with Crippen LogP contribution in [0, 0.1) is 0 Å². The summed E-state index contributed by atoms with van der Waals surface area (Å²) in [5.41, 5.74) is 0. The van der Waals surface area contributed by atoms with Gasteiger partial charge in [0.2, 0.25) is 5.91 Å². The van der Waals surface area contributed by atoms with Gasteiger partial charge < -0.3 is 15.4 Å². The third kappa shape index (κ3) is 6.72. The highest BCUT2D eigenvalue weighted by atomic mass is 32.2. The fraction of sp³-hybridized carbons (Fsp3) is 0.368. The molecule has 0 fully saturated rings. The molecule has 2 atom stereocenters. The largest absolute Gasteiger partial charge is 0.484 e. The van der Waals surface area contributed by atoms with Gasteiger partial charge in [-0.15, -0.1) is 11.3 Å². The standard InChI is InChI=1S/C19H24N2O3S2/c1-14(17-9-6-11-26-17)20-19(23)16(10-12-25-2)21-18(22)13-24-15-7-4-3-5-8-15/h3-9,11,14,16H,10,12-13H2,1-2H3,(H,20,23)(H,21,22). The van der Waals surface area contributed by atoms with E-state index in [9.17, 15) is 9.59 Å². The maximum atomic E-state index is 12.6. The van der Waals surface area contributed by atoms with Crippen LogP contribution in [0.2, 0.25) is 0 Å². The topological polar surface area (TPSA) is 67.4 Å². The first-order chi connectivity index (χ1) is 12.6. The van der Waals surface area contributed by atoms with Crippen LogP contribution in [0.4, 0.5) is 0 Å². The quantitative estimate of drug-likeness (QED) is 0.651. The lowest BCUT2D eigenvalue weighted by Crippen LogP contribution is -2.48. The first-order valence-corrected chi connectivity index (χ1v) is 10.7. The second kappa shape index (κ2) is 10.9. The summed E-state index contributed by atoms with van der Waals surface area (Å²) in [5, 5.41) is 7.74. The maximum absolute atomic E-state index is 12.6. The van der Waals surface area contributed by atoms with Crippen LogP contribution < -0.4 is 15.4 Å². The number of thiophene rings is 1. The number of para-hydroxylation sites is 1. The normalized spacial score (nSPS) is 12.8. The lowest BCUT2D eigenvalue weighted by atomic mass is 10.2. The summed E-state index contributed by atoms with van der Waals surface area (Å²) in [6, 6.07) is 12.4. The van der Waals surface area contributed by atoms with E-state index in [1.165, 1.54) is 0 Å². The summed E-state index contributed by atoms with van der Waals surface area (Å²) in [7, 11) is 0. The molecule has 2 rings (SSSR count). The molecule has 5 nitrogen and oxygen atoms in total. The number of rotatable bonds is 10. The highest BCUT2D eigenvalue weighted by Gasteiger charge is 2.22. The smallest absolute Gasteiger partial charge is 0.258 e. The van der Waals surface area contributed by atoms with Crippen LogP contribution in [-0.4, -0.2) is 36.5 Å². The predicted molar refractivity (Wildman–Crippen MR) is 108 cm³/mol. The van der Waals surface area contributed by atoms with Gasteiger partial charge in [-0.05, 0) is 48.9 Å². The molecule has 1 heterocycles. The summed E-state index contributed by atoms with van der Waals surface area (Å²) < 4.78 is 5.45. The van der Waals surface area contributed by atoms with Crippen LogP contribution in [0.15, 0.2) is 47.8 Å². The molecule has 2 N–H and O–H groups in total. The zero-order valence-electron chi connectivity index (χ0n) is 14.9. The Hall–Kier alpha value is -1.99. The molecule has 0 bridgehead atoms. The average Bonchev–Trinajstić information content (AvgIpc) is 3.19. The zero-order chi connectivity index (χ0) is 18.8. The van der Waals surface area contributed by atoms with Gasteiger partial charge in [0, 0.05) is 4.88 Å². The molecule has 1 aromatic heterocycles. The highest BCUT2D eigenvalue weighted by Crippen LogP contribution is 2.18. The summed E-state index contributed by atoms with van der Waals surface area (Å²) in [4.78, 5) is 25.9. The van der Waals surface area contributed by atoms with Gasteiger partial charge in [-0.3, -0.25) is 9.59 Å². The minimum absolute atomic E-state index is 0.0863. The molecular weight excluding hydrogens is 368 g/mol. The van der Waals surface area contributed by atoms with E-state index in [0.29, 0.717) is 12.2 Å². The van der Waals surface area contributed by atoms with Crippen LogP contribution in [0.25, 0.3) is 0 Å². The van der Waals surface area contributed by atoms with E-state index in [4.69, 9.17) is 4.74 Å². The molecule has 140 valence electrons. The Morgan fingerprint density at radius 3 is 2.58 bits per heavy atom. The fourth-order valence-corrected chi connectivity index (χ4v) is 3.53. The monoisotopic (exact) mass is 392 g/mol. The highest BCUT2D eigenvalue weighted by molar-refractivity contribution is 7.98. The third-order valence-electron chi connectivity index (χ3n) is 3.70. The SMILES string of the molecule is CSCCC(NC(=O)COc1ccccc1)C(=O)NC(C)c1cccs1. The summed E-state index contributed by atoms with van der Waals surface area (Å²) in [5.74, 6) is 0.927. The Bertz CT molecular complexity index is 677. The predicted octanol–water partition coefficient (Wildman–Crippen LogP) is 3.24.